The maximum absolute atomic E-state index is 11.3. The number of anilines is 1. The van der Waals surface area contributed by atoms with Gasteiger partial charge < -0.3 is 10.0 Å². The van der Waals surface area contributed by atoms with Gasteiger partial charge in [0.2, 0.25) is 5.82 Å². The summed E-state index contributed by atoms with van der Waals surface area (Å²) in [5, 5.41) is 29.1. The lowest BCUT2D eigenvalue weighted by molar-refractivity contribution is -0.384. The Kier molecular flexibility index (Phi) is 4.24. The van der Waals surface area contributed by atoms with Crippen LogP contribution in [-0.2, 0) is 4.79 Å². The highest BCUT2D eigenvalue weighted by Crippen LogP contribution is 2.31. The number of likely N-dealkylation sites (N-methyl/N-ethyl adjacent to an activating group) is 1. The Hall–Kier alpha value is -2.69. The van der Waals surface area contributed by atoms with Crippen molar-refractivity contribution in [3.05, 3.63) is 27.9 Å². The number of nitriles is 1. The third kappa shape index (κ3) is 2.66. The van der Waals surface area contributed by atoms with E-state index in [0.717, 1.165) is 6.07 Å². The number of pyridine rings is 1. The van der Waals surface area contributed by atoms with Crippen LogP contribution in [0, 0.1) is 21.4 Å². The lowest BCUT2D eigenvalue weighted by atomic mass is 10.0. The minimum absolute atomic E-state index is 0.0460. The van der Waals surface area contributed by atoms with E-state index < -0.39 is 16.4 Å². The molecule has 0 saturated carbocycles. The van der Waals surface area contributed by atoms with Crippen molar-refractivity contribution >= 4 is 17.5 Å². The summed E-state index contributed by atoms with van der Waals surface area (Å²) in [6, 6.07) is 2.85. The Morgan fingerprint density at radius 3 is 2.65 bits per heavy atom. The zero-order chi connectivity index (χ0) is 15.5. The zero-order valence-electron chi connectivity index (χ0n) is 11.3. The van der Waals surface area contributed by atoms with Crippen LogP contribution in [0.15, 0.2) is 12.3 Å². The van der Waals surface area contributed by atoms with E-state index in [1.807, 2.05) is 0 Å². The Morgan fingerprint density at radius 1 is 1.65 bits per heavy atom. The molecular formula is C12H14N4O4. The Balaban J connectivity index is 3.47. The first-order chi connectivity index (χ1) is 9.25. The second-order valence-corrected chi connectivity index (χ2v) is 4.54. The first kappa shape index (κ1) is 15.4. The number of carbonyl (C=O) groups is 1. The van der Waals surface area contributed by atoms with Gasteiger partial charge in [-0.05, 0) is 20.8 Å². The summed E-state index contributed by atoms with van der Waals surface area (Å²) in [6.45, 7) is 4.76. The van der Waals surface area contributed by atoms with E-state index in [1.54, 1.807) is 13.0 Å². The smallest absolute Gasteiger partial charge is 0.329 e. The minimum Gasteiger partial charge on any atom is -0.480 e. The number of nitrogens with zero attached hydrogens (tertiary/aromatic N) is 4. The molecular weight excluding hydrogens is 264 g/mol. The molecule has 0 saturated heterocycles. The van der Waals surface area contributed by atoms with Gasteiger partial charge in [0, 0.05) is 18.8 Å². The molecule has 0 aliphatic rings. The minimum atomic E-state index is -1.36. The third-order valence-electron chi connectivity index (χ3n) is 2.94. The number of aromatic nitrogens is 1. The van der Waals surface area contributed by atoms with Crippen molar-refractivity contribution in [2.24, 2.45) is 0 Å². The quantitative estimate of drug-likeness (QED) is 0.640. The molecule has 1 aromatic heterocycles. The number of hydrogen-bond acceptors (Lipinski definition) is 6. The molecule has 0 bridgehead atoms. The molecule has 0 fully saturated rings. The maximum Gasteiger partial charge on any atom is 0.329 e. The van der Waals surface area contributed by atoms with Gasteiger partial charge in [-0.15, -0.1) is 0 Å². The van der Waals surface area contributed by atoms with E-state index in [2.05, 4.69) is 4.98 Å². The van der Waals surface area contributed by atoms with Crippen molar-refractivity contribution in [2.75, 3.05) is 11.4 Å². The molecule has 1 heterocycles. The summed E-state index contributed by atoms with van der Waals surface area (Å²) in [4.78, 5) is 26.9. The number of carboxylic acids is 1. The highest BCUT2D eigenvalue weighted by Gasteiger charge is 2.38. The van der Waals surface area contributed by atoms with Crippen molar-refractivity contribution in [3.8, 4) is 6.07 Å². The van der Waals surface area contributed by atoms with Crippen molar-refractivity contribution in [1.82, 2.24) is 4.98 Å². The Bertz CT molecular complexity index is 592. The van der Waals surface area contributed by atoms with Crippen LogP contribution in [0.4, 0.5) is 11.5 Å². The monoisotopic (exact) mass is 278 g/mol. The van der Waals surface area contributed by atoms with Crippen LogP contribution in [0.5, 0.6) is 0 Å². The number of hydrogen-bond donors (Lipinski definition) is 1. The lowest BCUT2D eigenvalue weighted by Gasteiger charge is -2.34. The van der Waals surface area contributed by atoms with Crippen LogP contribution in [0.3, 0.4) is 0 Å². The van der Waals surface area contributed by atoms with E-state index >= 15 is 0 Å². The molecule has 0 atom stereocenters. The first-order valence-electron chi connectivity index (χ1n) is 5.81. The van der Waals surface area contributed by atoms with Crippen LogP contribution < -0.4 is 4.90 Å². The third-order valence-corrected chi connectivity index (χ3v) is 2.94. The molecule has 0 aliphatic heterocycles. The fourth-order valence-corrected chi connectivity index (χ4v) is 1.77. The molecule has 1 aromatic rings. The van der Waals surface area contributed by atoms with E-state index in [0.29, 0.717) is 0 Å². The number of rotatable bonds is 5. The largest absolute Gasteiger partial charge is 0.480 e. The van der Waals surface area contributed by atoms with Gasteiger partial charge in [0.15, 0.2) is 0 Å². The van der Waals surface area contributed by atoms with Crippen molar-refractivity contribution < 1.29 is 14.8 Å². The summed E-state index contributed by atoms with van der Waals surface area (Å²) in [6.07, 6.45) is 1.18. The van der Waals surface area contributed by atoms with Crippen LogP contribution in [0.1, 0.15) is 26.3 Å². The molecule has 0 amide bonds. The molecule has 0 aliphatic carbocycles. The van der Waals surface area contributed by atoms with Crippen molar-refractivity contribution in [3.63, 3.8) is 0 Å². The van der Waals surface area contributed by atoms with Gasteiger partial charge in [-0.1, -0.05) is 0 Å². The molecule has 20 heavy (non-hydrogen) atoms. The molecule has 106 valence electrons. The second kappa shape index (κ2) is 5.52. The van der Waals surface area contributed by atoms with Gasteiger partial charge in [0.25, 0.3) is 0 Å². The molecule has 0 unspecified atom stereocenters. The van der Waals surface area contributed by atoms with E-state index in [9.17, 15) is 20.0 Å². The van der Waals surface area contributed by atoms with Crippen LogP contribution in [0.25, 0.3) is 0 Å². The average molecular weight is 278 g/mol. The normalized spacial score (nSPS) is 10.7. The van der Waals surface area contributed by atoms with E-state index in [4.69, 9.17) is 5.26 Å². The molecule has 8 nitrogen and oxygen atoms in total. The van der Waals surface area contributed by atoms with Gasteiger partial charge in [-0.25, -0.2) is 9.78 Å². The molecule has 0 spiro atoms. The molecule has 0 radical (unpaired) electrons. The van der Waals surface area contributed by atoms with Crippen LogP contribution >= 0.6 is 0 Å². The number of aliphatic carboxylic acids is 1. The molecule has 8 heteroatoms. The van der Waals surface area contributed by atoms with Gasteiger partial charge in [-0.3, -0.25) is 10.1 Å². The van der Waals surface area contributed by atoms with Gasteiger partial charge in [-0.2, -0.15) is 5.26 Å². The predicted molar refractivity (Wildman–Crippen MR) is 70.3 cm³/mol. The zero-order valence-corrected chi connectivity index (χ0v) is 11.3. The predicted octanol–water partition coefficient (Wildman–Crippen LogP) is 1.55. The van der Waals surface area contributed by atoms with Crippen LogP contribution in [-0.4, -0.2) is 33.1 Å². The standard InChI is InChI=1S/C12H14N4O4/c1-4-15(12(2,3)11(17)18)10-9(16(19)20)5-8(6-13)7-14-10/h5,7H,4H2,1-3H3,(H,17,18). The summed E-state index contributed by atoms with van der Waals surface area (Å²) in [7, 11) is 0. The maximum atomic E-state index is 11.3. The highest BCUT2D eigenvalue weighted by molar-refractivity contribution is 5.83. The number of nitro groups is 1. The van der Waals surface area contributed by atoms with E-state index in [1.165, 1.54) is 24.9 Å². The molecule has 1 N–H and O–H groups in total. The molecule has 0 aromatic carbocycles. The van der Waals surface area contributed by atoms with Gasteiger partial charge >= 0.3 is 11.7 Å². The first-order valence-corrected chi connectivity index (χ1v) is 5.81. The van der Waals surface area contributed by atoms with E-state index in [-0.39, 0.29) is 23.6 Å². The average Bonchev–Trinajstić information content (AvgIpc) is 2.39. The lowest BCUT2D eigenvalue weighted by Crippen LogP contribution is -2.50. The highest BCUT2D eigenvalue weighted by atomic mass is 16.6. The second-order valence-electron chi connectivity index (χ2n) is 4.54. The topological polar surface area (TPSA) is 120 Å². The summed E-state index contributed by atoms with van der Waals surface area (Å²) < 4.78 is 0. The van der Waals surface area contributed by atoms with Gasteiger partial charge in [0.05, 0.1) is 10.5 Å². The Labute approximate surface area is 115 Å². The molecule has 1 rings (SSSR count). The fraction of sp³-hybridized carbons (Fsp3) is 0.417. The fourth-order valence-electron chi connectivity index (χ4n) is 1.77. The van der Waals surface area contributed by atoms with Gasteiger partial charge in [0.1, 0.15) is 11.6 Å². The SMILES string of the molecule is CCN(c1ncc(C#N)cc1[N+](=O)[O-])C(C)(C)C(=O)O. The number of carboxylic acid groups (broad SMARTS) is 1. The summed E-state index contributed by atoms with van der Waals surface area (Å²) in [5.41, 5.74) is -1.70. The van der Waals surface area contributed by atoms with Crippen LogP contribution in [0.2, 0.25) is 0 Å². The summed E-state index contributed by atoms with van der Waals surface area (Å²) >= 11 is 0. The Morgan fingerprint density at radius 2 is 2.25 bits per heavy atom. The van der Waals surface area contributed by atoms with Crippen molar-refractivity contribution in [1.29, 1.82) is 5.26 Å². The van der Waals surface area contributed by atoms with Crippen molar-refractivity contribution in [2.45, 2.75) is 26.3 Å². The summed E-state index contributed by atoms with van der Waals surface area (Å²) in [5.74, 6) is -1.19.